The van der Waals surface area contributed by atoms with Crippen molar-refractivity contribution in [3.8, 4) is 0 Å². The fourth-order valence-electron chi connectivity index (χ4n) is 0.132. The van der Waals surface area contributed by atoms with E-state index in [1.807, 2.05) is 13.8 Å². The molecule has 0 saturated carbocycles. The molecule has 13 nitrogen and oxygen atoms in total. The predicted octanol–water partition coefficient (Wildman–Crippen LogP) is 3.00. The van der Waals surface area contributed by atoms with Crippen LogP contribution in [0.3, 0.4) is 0 Å². The minimum Gasteiger partial charge on any atom is -0.324 e. The van der Waals surface area contributed by atoms with Crippen LogP contribution in [-0.2, 0) is 54.2 Å². The Morgan fingerprint density at radius 2 is 1.22 bits per heavy atom. The Kier molecular flexibility index (Phi) is 36.0. The van der Waals surface area contributed by atoms with Crippen molar-refractivity contribution in [2.24, 2.45) is 0 Å². The maximum Gasteiger partial charge on any atom is 0.325 e. The molecule has 0 fully saturated rings. The molecule has 23 heavy (non-hydrogen) atoms. The Balaban J connectivity index is -0.000000170. The average Bonchev–Trinajstić information content (AvgIpc) is 2.47. The third-order valence-electron chi connectivity index (χ3n) is 0.762. The summed E-state index contributed by atoms with van der Waals surface area (Å²) in [6.07, 6.45) is -0.0625. The first-order valence-electron chi connectivity index (χ1n) is 5.04. The van der Waals surface area contributed by atoms with Gasteiger partial charge in [0.1, 0.15) is 7.53 Å². The summed E-state index contributed by atoms with van der Waals surface area (Å²) in [6.45, 7) is 5.45. The van der Waals surface area contributed by atoms with Crippen LogP contribution in [0, 0.1) is 0 Å². The highest BCUT2D eigenvalue weighted by Gasteiger charge is 2.05. The maximum absolute atomic E-state index is 9.69. The van der Waals surface area contributed by atoms with E-state index in [-0.39, 0.29) is 13.6 Å². The summed E-state index contributed by atoms with van der Waals surface area (Å²) in [4.78, 5) is 15.9. The quantitative estimate of drug-likeness (QED) is 0.207. The molecule has 0 aromatic heterocycles. The van der Waals surface area contributed by atoms with E-state index in [1.165, 1.54) is 6.92 Å². The lowest BCUT2D eigenvalue weighted by Crippen LogP contribution is -2.00. The van der Waals surface area contributed by atoms with E-state index >= 15 is 0 Å². The fraction of sp³-hybridized carbons (Fsp3) is 1.00. The summed E-state index contributed by atoms with van der Waals surface area (Å²) in [5.41, 5.74) is 0. The molecular weight excluding hydrogens is 423 g/mol. The van der Waals surface area contributed by atoms with Crippen molar-refractivity contribution in [2.75, 3.05) is 6.16 Å². The molecule has 0 radical (unpaired) electrons. The Hall–Kier alpha value is 1.47. The molecule has 0 aromatic rings. The largest absolute Gasteiger partial charge is 0.325 e. The molecule has 146 valence electrons. The molecule has 0 aromatic carbocycles. The van der Waals surface area contributed by atoms with E-state index in [4.69, 9.17) is 9.79 Å². The third kappa shape index (κ3) is 45.2. The van der Waals surface area contributed by atoms with Crippen LogP contribution in [0.5, 0.6) is 0 Å². The molecule has 0 heterocycles. The molecule has 2 N–H and O–H groups in total. The van der Waals surface area contributed by atoms with Gasteiger partial charge in [-0.3, -0.25) is 4.57 Å². The normalized spacial score (nSPS) is 10.1. The minimum atomic E-state index is -3.65. The average molecular weight is 446 g/mol. The summed E-state index contributed by atoms with van der Waals surface area (Å²) >= 11 is 0. The van der Waals surface area contributed by atoms with Crippen LogP contribution < -0.4 is 0 Å². The molecular formula is C5H23O13P5. The van der Waals surface area contributed by atoms with Crippen molar-refractivity contribution in [1.29, 1.82) is 0 Å². The van der Waals surface area contributed by atoms with Gasteiger partial charge in [-0.15, -0.1) is 0 Å². The van der Waals surface area contributed by atoms with E-state index in [1.54, 1.807) is 9.47 Å². The van der Waals surface area contributed by atoms with Gasteiger partial charge in [-0.25, -0.2) is 0 Å². The standard InChI is InChI=1S/C2H7O3P.C2H6.CH4.H6O10P4/c1-2-6(3,4)5;1-2;;11-9-7-5-3-1-2-4-6-8-10-14(12)13/h2H2,1H3,(H2,3,4,5);1-2H3;1H4;11-13H2. The Morgan fingerprint density at radius 3 is 1.48 bits per heavy atom. The second-order valence-corrected chi connectivity index (χ2v) is 9.92. The SMILES string of the molecule is C.CC.CCP(=O)(O)O.POOOOOOOOOOP(P)P. The van der Waals surface area contributed by atoms with Crippen molar-refractivity contribution >= 4 is 42.4 Å². The van der Waals surface area contributed by atoms with Crippen LogP contribution >= 0.6 is 42.4 Å². The first kappa shape index (κ1) is 32.2. The first-order chi connectivity index (χ1) is 10.3. The molecule has 0 amide bonds. The van der Waals surface area contributed by atoms with Crippen molar-refractivity contribution < 1.29 is 64.0 Å². The highest BCUT2D eigenvalue weighted by Crippen LogP contribution is 2.53. The van der Waals surface area contributed by atoms with Crippen LogP contribution in [-0.4, -0.2) is 15.9 Å². The smallest absolute Gasteiger partial charge is 0.324 e. The van der Waals surface area contributed by atoms with E-state index < -0.39 is 15.1 Å². The molecule has 0 aliphatic heterocycles. The molecule has 0 saturated heterocycles. The molecule has 3 unspecified atom stereocenters. The zero-order valence-electron chi connectivity index (χ0n) is 11.7. The molecule has 3 atom stereocenters. The van der Waals surface area contributed by atoms with Gasteiger partial charge in [0, 0.05) is 15.6 Å². The molecule has 0 spiro atoms. The Bertz CT molecular complexity index is 239. The van der Waals surface area contributed by atoms with Crippen molar-refractivity contribution in [3.05, 3.63) is 0 Å². The lowest BCUT2D eigenvalue weighted by atomic mass is 11.0. The fourth-order valence-corrected chi connectivity index (χ4v) is 0.470. The summed E-state index contributed by atoms with van der Waals surface area (Å²) in [6, 6.07) is 0. The summed E-state index contributed by atoms with van der Waals surface area (Å²) in [5, 5.41) is 29.5. The highest BCUT2D eigenvalue weighted by molar-refractivity contribution is 8.41. The summed E-state index contributed by atoms with van der Waals surface area (Å²) in [7, 11) is 1.69. The van der Waals surface area contributed by atoms with Gasteiger partial charge in [-0.05, 0) is 40.3 Å². The topological polar surface area (TPSA) is 150 Å². The van der Waals surface area contributed by atoms with E-state index in [9.17, 15) is 4.57 Å². The van der Waals surface area contributed by atoms with E-state index in [0.29, 0.717) is 0 Å². The maximum atomic E-state index is 9.69. The van der Waals surface area contributed by atoms with Gasteiger partial charge in [0.15, 0.2) is 0 Å². The van der Waals surface area contributed by atoms with Gasteiger partial charge >= 0.3 is 7.60 Å². The van der Waals surface area contributed by atoms with E-state index in [0.717, 1.165) is 0 Å². The third-order valence-corrected chi connectivity index (χ3v) is 2.41. The van der Waals surface area contributed by atoms with Crippen LogP contribution in [0.1, 0.15) is 28.2 Å². The zero-order valence-corrected chi connectivity index (χ0v) is 17.0. The van der Waals surface area contributed by atoms with Gasteiger partial charge in [0.2, 0.25) is 0 Å². The van der Waals surface area contributed by atoms with Crippen LogP contribution in [0.2, 0.25) is 0 Å². The van der Waals surface area contributed by atoms with Crippen molar-refractivity contribution in [1.82, 2.24) is 0 Å². The molecule has 0 bridgehead atoms. The summed E-state index contributed by atoms with van der Waals surface area (Å²) in [5.74, 6) is 0. The van der Waals surface area contributed by atoms with Crippen molar-refractivity contribution in [3.63, 3.8) is 0 Å². The first-order valence-corrected chi connectivity index (χ1v) is 11.8. The number of hydrogen-bond donors (Lipinski definition) is 2. The number of rotatable bonds is 11. The Morgan fingerprint density at radius 1 is 0.913 bits per heavy atom. The Labute approximate surface area is 141 Å². The zero-order chi connectivity index (χ0) is 17.9. The van der Waals surface area contributed by atoms with Gasteiger partial charge in [-0.1, -0.05) is 46.1 Å². The van der Waals surface area contributed by atoms with Crippen LogP contribution in [0.25, 0.3) is 0 Å². The van der Waals surface area contributed by atoms with Crippen LogP contribution in [0.4, 0.5) is 0 Å². The highest BCUT2D eigenvalue weighted by atomic mass is 32.4. The van der Waals surface area contributed by atoms with Crippen molar-refractivity contribution in [2.45, 2.75) is 28.2 Å². The summed E-state index contributed by atoms with van der Waals surface area (Å²) < 4.78 is 17.9. The second-order valence-electron chi connectivity index (χ2n) is 2.06. The molecule has 0 aliphatic carbocycles. The second kappa shape index (κ2) is 25.7. The van der Waals surface area contributed by atoms with Gasteiger partial charge in [0.05, 0.1) is 0 Å². The van der Waals surface area contributed by atoms with Crippen LogP contribution in [0.15, 0.2) is 0 Å². The molecule has 0 aliphatic rings. The minimum absolute atomic E-state index is 0. The molecule has 0 rings (SSSR count). The lowest BCUT2D eigenvalue weighted by molar-refractivity contribution is -0.837. The lowest BCUT2D eigenvalue weighted by Gasteiger charge is -2.01. The van der Waals surface area contributed by atoms with Gasteiger partial charge in [-0.2, -0.15) is 9.35 Å². The predicted molar refractivity (Wildman–Crippen MR) is 87.6 cm³/mol. The van der Waals surface area contributed by atoms with Gasteiger partial charge in [0.25, 0.3) is 0 Å². The monoisotopic (exact) mass is 446 g/mol. The van der Waals surface area contributed by atoms with Gasteiger partial charge < -0.3 is 9.79 Å². The molecule has 18 heteroatoms. The van der Waals surface area contributed by atoms with E-state index in [2.05, 4.69) is 67.5 Å². The number of hydrogen-bond acceptors (Lipinski definition) is 11.